The van der Waals surface area contributed by atoms with Gasteiger partial charge in [0.25, 0.3) is 5.91 Å². The fraction of sp³-hybridized carbons (Fsp3) is 0.333. The Morgan fingerprint density at radius 2 is 1.96 bits per heavy atom. The van der Waals surface area contributed by atoms with Gasteiger partial charge in [-0.25, -0.2) is 15.0 Å². The SMILES string of the molecule is Cc1nc2c(NC(=O)c3ccccc3)ncnc2n1[C@@H]1O[C@H](CO)[C@H](O)C1O. The van der Waals surface area contributed by atoms with Crippen molar-refractivity contribution in [1.82, 2.24) is 19.5 Å². The van der Waals surface area contributed by atoms with E-state index in [4.69, 9.17) is 4.74 Å². The van der Waals surface area contributed by atoms with Gasteiger partial charge in [0.2, 0.25) is 0 Å². The summed E-state index contributed by atoms with van der Waals surface area (Å²) >= 11 is 0. The minimum atomic E-state index is -1.27. The molecule has 0 saturated carbocycles. The van der Waals surface area contributed by atoms with Gasteiger partial charge in [0.15, 0.2) is 23.2 Å². The minimum Gasteiger partial charge on any atom is -0.394 e. The fourth-order valence-corrected chi connectivity index (χ4v) is 3.28. The topological polar surface area (TPSA) is 143 Å². The van der Waals surface area contributed by atoms with Crippen LogP contribution < -0.4 is 5.32 Å². The minimum absolute atomic E-state index is 0.215. The third kappa shape index (κ3) is 3.02. The van der Waals surface area contributed by atoms with Crippen molar-refractivity contribution in [2.24, 2.45) is 0 Å². The third-order valence-corrected chi connectivity index (χ3v) is 4.69. The number of fused-ring (bicyclic) bond motifs is 1. The van der Waals surface area contributed by atoms with Crippen LogP contribution in [0.2, 0.25) is 0 Å². The van der Waals surface area contributed by atoms with Gasteiger partial charge < -0.3 is 25.4 Å². The van der Waals surface area contributed by atoms with Crippen LogP contribution in [0.4, 0.5) is 5.82 Å². The van der Waals surface area contributed by atoms with Crippen molar-refractivity contribution >= 4 is 22.9 Å². The number of imidazole rings is 1. The molecular weight excluding hydrogens is 366 g/mol. The van der Waals surface area contributed by atoms with Gasteiger partial charge >= 0.3 is 0 Å². The second-order valence-corrected chi connectivity index (χ2v) is 6.47. The molecule has 1 aromatic carbocycles. The number of anilines is 1. The third-order valence-electron chi connectivity index (χ3n) is 4.69. The standard InChI is InChI=1S/C18H19N5O5/c1-9-21-12-15(22-17(27)10-5-3-2-4-6-10)19-8-20-16(12)23(9)18-14(26)13(25)11(7-24)28-18/h2-6,8,11,13-14,18,24-26H,7H2,1H3,(H,19,20,22,27)/t11-,13+,14?,18-/m1/s1. The number of rotatable bonds is 4. The molecule has 1 aliphatic heterocycles. The van der Waals surface area contributed by atoms with Crippen molar-refractivity contribution in [3.63, 3.8) is 0 Å². The number of hydrogen-bond acceptors (Lipinski definition) is 8. The van der Waals surface area contributed by atoms with Crippen molar-refractivity contribution < 1.29 is 24.9 Å². The van der Waals surface area contributed by atoms with Crippen molar-refractivity contribution in [2.45, 2.75) is 31.5 Å². The number of aryl methyl sites for hydroxylation is 1. The number of nitrogens with one attached hydrogen (secondary N) is 1. The Balaban J connectivity index is 1.71. The van der Waals surface area contributed by atoms with Crippen LogP contribution in [-0.4, -0.2) is 65.7 Å². The van der Waals surface area contributed by atoms with Gasteiger partial charge in [0.05, 0.1) is 6.61 Å². The summed E-state index contributed by atoms with van der Waals surface area (Å²) < 4.78 is 7.10. The van der Waals surface area contributed by atoms with Gasteiger partial charge in [-0.15, -0.1) is 0 Å². The summed E-state index contributed by atoms with van der Waals surface area (Å²) in [6.07, 6.45) is -3.15. The molecule has 1 fully saturated rings. The highest BCUT2D eigenvalue weighted by atomic mass is 16.6. The first-order valence-corrected chi connectivity index (χ1v) is 8.69. The number of carbonyl (C=O) groups excluding carboxylic acids is 1. The second kappa shape index (κ2) is 7.24. The van der Waals surface area contributed by atoms with Crippen LogP contribution in [-0.2, 0) is 4.74 Å². The Bertz CT molecular complexity index is 1010. The fourth-order valence-electron chi connectivity index (χ4n) is 3.28. The van der Waals surface area contributed by atoms with Crippen molar-refractivity contribution in [1.29, 1.82) is 0 Å². The van der Waals surface area contributed by atoms with E-state index in [2.05, 4.69) is 20.3 Å². The molecule has 0 bridgehead atoms. The van der Waals surface area contributed by atoms with Crippen LogP contribution in [0, 0.1) is 6.92 Å². The van der Waals surface area contributed by atoms with E-state index in [1.807, 2.05) is 6.07 Å². The molecule has 1 unspecified atom stereocenters. The molecule has 1 amide bonds. The number of carbonyl (C=O) groups is 1. The Labute approximate surface area is 159 Å². The Kier molecular flexibility index (Phi) is 4.77. The number of aromatic nitrogens is 4. The van der Waals surface area contributed by atoms with Crippen molar-refractivity contribution in [3.8, 4) is 0 Å². The zero-order valence-electron chi connectivity index (χ0n) is 14.9. The molecule has 28 heavy (non-hydrogen) atoms. The predicted octanol–water partition coefficient (Wildman–Crippen LogP) is -0.00148. The van der Waals surface area contributed by atoms with E-state index < -0.39 is 31.1 Å². The number of amides is 1. The highest BCUT2D eigenvalue weighted by Gasteiger charge is 2.44. The molecule has 3 aromatic rings. The largest absolute Gasteiger partial charge is 0.394 e. The summed E-state index contributed by atoms with van der Waals surface area (Å²) in [5.41, 5.74) is 1.11. The quantitative estimate of drug-likeness (QED) is 0.491. The van der Waals surface area contributed by atoms with Crippen LogP contribution in [0.3, 0.4) is 0 Å². The Morgan fingerprint density at radius 1 is 1.21 bits per heavy atom. The second-order valence-electron chi connectivity index (χ2n) is 6.47. The van der Waals surface area contributed by atoms with Gasteiger partial charge in [-0.3, -0.25) is 9.36 Å². The number of hydrogen-bond donors (Lipinski definition) is 4. The number of aliphatic hydroxyl groups is 3. The lowest BCUT2D eigenvalue weighted by molar-refractivity contribution is -0.0519. The van der Waals surface area contributed by atoms with Gasteiger partial charge in [-0.1, -0.05) is 18.2 Å². The maximum Gasteiger partial charge on any atom is 0.256 e. The summed E-state index contributed by atoms with van der Waals surface area (Å²) in [4.78, 5) is 25.2. The molecule has 4 rings (SSSR count). The van der Waals surface area contributed by atoms with Crippen LogP contribution in [0.5, 0.6) is 0 Å². The highest BCUT2D eigenvalue weighted by Crippen LogP contribution is 2.33. The van der Waals surface area contributed by atoms with Crippen LogP contribution in [0.25, 0.3) is 11.2 Å². The average molecular weight is 385 g/mol. The first-order chi connectivity index (χ1) is 13.5. The smallest absolute Gasteiger partial charge is 0.256 e. The molecule has 10 nitrogen and oxygen atoms in total. The Hall–Kier alpha value is -2.92. The number of aliphatic hydroxyl groups excluding tert-OH is 3. The molecule has 0 spiro atoms. The van der Waals surface area contributed by atoms with E-state index >= 15 is 0 Å². The molecule has 0 aliphatic carbocycles. The predicted molar refractivity (Wildman–Crippen MR) is 97.5 cm³/mol. The monoisotopic (exact) mass is 385 g/mol. The number of benzene rings is 1. The average Bonchev–Trinajstić information content (AvgIpc) is 3.19. The summed E-state index contributed by atoms with van der Waals surface area (Å²) in [6.45, 7) is 1.24. The van der Waals surface area contributed by atoms with Crippen molar-refractivity contribution in [3.05, 3.63) is 48.0 Å². The normalized spacial score (nSPS) is 24.6. The number of ether oxygens (including phenoxy) is 1. The van der Waals surface area contributed by atoms with Crippen LogP contribution >= 0.6 is 0 Å². The molecule has 0 radical (unpaired) electrons. The lowest BCUT2D eigenvalue weighted by Gasteiger charge is -2.18. The Morgan fingerprint density at radius 3 is 2.64 bits per heavy atom. The van der Waals surface area contributed by atoms with E-state index in [0.717, 1.165) is 0 Å². The molecule has 4 N–H and O–H groups in total. The maximum absolute atomic E-state index is 12.5. The first kappa shape index (κ1) is 18.4. The molecular formula is C18H19N5O5. The van der Waals surface area contributed by atoms with E-state index in [1.165, 1.54) is 10.9 Å². The first-order valence-electron chi connectivity index (χ1n) is 8.69. The van der Waals surface area contributed by atoms with Crippen molar-refractivity contribution in [2.75, 3.05) is 11.9 Å². The van der Waals surface area contributed by atoms with Gasteiger partial charge in [-0.05, 0) is 19.1 Å². The highest BCUT2D eigenvalue weighted by molar-refractivity contribution is 6.06. The molecule has 146 valence electrons. The molecule has 1 aliphatic rings. The van der Waals surface area contributed by atoms with Gasteiger partial charge in [0, 0.05) is 5.56 Å². The van der Waals surface area contributed by atoms with Gasteiger partial charge in [-0.2, -0.15) is 0 Å². The van der Waals surface area contributed by atoms with E-state index in [0.29, 0.717) is 22.6 Å². The van der Waals surface area contributed by atoms with E-state index in [9.17, 15) is 20.1 Å². The molecule has 4 atom stereocenters. The molecule has 10 heteroatoms. The lowest BCUT2D eigenvalue weighted by Crippen LogP contribution is -2.33. The molecule has 2 aromatic heterocycles. The van der Waals surface area contributed by atoms with E-state index in [1.54, 1.807) is 31.2 Å². The van der Waals surface area contributed by atoms with Gasteiger partial charge in [0.1, 0.15) is 30.5 Å². The summed E-state index contributed by atoms with van der Waals surface area (Å²) in [5.74, 6) is 0.314. The van der Waals surface area contributed by atoms with E-state index in [-0.39, 0.29) is 11.7 Å². The maximum atomic E-state index is 12.5. The summed E-state index contributed by atoms with van der Waals surface area (Å²) in [7, 11) is 0. The summed E-state index contributed by atoms with van der Waals surface area (Å²) in [6, 6.07) is 8.68. The molecule has 3 heterocycles. The lowest BCUT2D eigenvalue weighted by atomic mass is 10.1. The zero-order chi connectivity index (χ0) is 19.8. The zero-order valence-corrected chi connectivity index (χ0v) is 14.9. The molecule has 1 saturated heterocycles. The van der Waals surface area contributed by atoms with Crippen LogP contribution in [0.1, 0.15) is 22.4 Å². The van der Waals surface area contributed by atoms with Crippen LogP contribution in [0.15, 0.2) is 36.7 Å². The number of nitrogens with zero attached hydrogens (tertiary/aromatic N) is 4. The summed E-state index contributed by atoms with van der Waals surface area (Å²) in [5, 5.41) is 32.4.